The van der Waals surface area contributed by atoms with Crippen molar-refractivity contribution in [3.05, 3.63) is 53.1 Å². The molecule has 1 heterocycles. The summed E-state index contributed by atoms with van der Waals surface area (Å²) in [6, 6.07) is 9.30. The lowest BCUT2D eigenvalue weighted by Gasteiger charge is -2.06. The van der Waals surface area contributed by atoms with Crippen LogP contribution in [0.15, 0.2) is 47.4 Å². The molecule has 2 aromatic rings. The van der Waals surface area contributed by atoms with Gasteiger partial charge in [-0.3, -0.25) is 4.79 Å². The summed E-state index contributed by atoms with van der Waals surface area (Å²) in [6.45, 7) is 0.106. The van der Waals surface area contributed by atoms with Crippen LogP contribution in [0.5, 0.6) is 11.5 Å². The summed E-state index contributed by atoms with van der Waals surface area (Å²) in [5.74, 6) is 0.580. The van der Waals surface area contributed by atoms with Crippen molar-refractivity contribution in [1.82, 2.24) is 4.72 Å². The van der Waals surface area contributed by atoms with E-state index >= 15 is 0 Å². The number of hydrogen-bond donors (Lipinski definition) is 2. The van der Waals surface area contributed by atoms with Crippen molar-refractivity contribution in [1.29, 1.82) is 0 Å². The van der Waals surface area contributed by atoms with Gasteiger partial charge in [0.1, 0.15) is 0 Å². The van der Waals surface area contributed by atoms with Gasteiger partial charge in [-0.05, 0) is 49.0 Å². The van der Waals surface area contributed by atoms with Crippen molar-refractivity contribution in [2.24, 2.45) is 0 Å². The molecule has 3 rings (SSSR count). The molecule has 136 valence electrons. The Hall–Kier alpha value is -2.55. The monoisotopic (exact) mass is 394 g/mol. The van der Waals surface area contributed by atoms with Crippen LogP contribution in [-0.2, 0) is 14.8 Å². The molecule has 0 unspecified atom stereocenters. The fourth-order valence-corrected chi connectivity index (χ4v) is 3.35. The number of halogens is 1. The highest BCUT2D eigenvalue weighted by Gasteiger charge is 2.17. The number of anilines is 1. The minimum absolute atomic E-state index is 0.0596. The van der Waals surface area contributed by atoms with Crippen LogP contribution in [0.25, 0.3) is 6.08 Å². The maximum atomic E-state index is 12.1. The van der Waals surface area contributed by atoms with Gasteiger partial charge in [-0.1, -0.05) is 17.7 Å². The highest BCUT2D eigenvalue weighted by Crippen LogP contribution is 2.40. The summed E-state index contributed by atoms with van der Waals surface area (Å²) in [6.07, 6.45) is 2.88. The molecule has 1 amide bonds. The predicted octanol–water partition coefficient (Wildman–Crippen LogP) is 2.63. The lowest BCUT2D eigenvalue weighted by atomic mass is 10.2. The molecule has 0 aliphatic carbocycles. The molecule has 2 aromatic carbocycles. The first-order chi connectivity index (χ1) is 12.4. The Morgan fingerprint density at radius 1 is 1.23 bits per heavy atom. The number of carbonyl (C=O) groups is 1. The summed E-state index contributed by atoms with van der Waals surface area (Å²) in [7, 11) is -2.26. The highest BCUT2D eigenvalue weighted by atomic mass is 35.5. The van der Waals surface area contributed by atoms with E-state index in [1.165, 1.54) is 25.3 Å². The quantitative estimate of drug-likeness (QED) is 0.760. The van der Waals surface area contributed by atoms with Crippen LogP contribution in [0.3, 0.4) is 0 Å². The maximum Gasteiger partial charge on any atom is 0.248 e. The number of hydrogen-bond acceptors (Lipinski definition) is 5. The van der Waals surface area contributed by atoms with Gasteiger partial charge in [0, 0.05) is 11.8 Å². The Bertz CT molecular complexity index is 989. The minimum Gasteiger partial charge on any atom is -0.454 e. The van der Waals surface area contributed by atoms with Gasteiger partial charge < -0.3 is 14.8 Å². The second kappa shape index (κ2) is 7.36. The first-order valence-electron chi connectivity index (χ1n) is 7.51. The second-order valence-corrected chi connectivity index (χ2v) is 7.59. The van der Waals surface area contributed by atoms with Gasteiger partial charge in [-0.25, -0.2) is 13.1 Å². The van der Waals surface area contributed by atoms with Crippen molar-refractivity contribution in [3.63, 3.8) is 0 Å². The molecule has 0 radical (unpaired) electrons. The Balaban J connectivity index is 1.73. The summed E-state index contributed by atoms with van der Waals surface area (Å²) < 4.78 is 36.3. The Kier molecular flexibility index (Phi) is 5.17. The summed E-state index contributed by atoms with van der Waals surface area (Å²) >= 11 is 6.09. The molecule has 0 aromatic heterocycles. The van der Waals surface area contributed by atoms with Crippen LogP contribution in [-0.4, -0.2) is 28.2 Å². The fourth-order valence-electron chi connectivity index (χ4n) is 2.30. The number of benzene rings is 2. The van der Waals surface area contributed by atoms with Crippen LogP contribution in [0.1, 0.15) is 5.56 Å². The van der Waals surface area contributed by atoms with Crippen LogP contribution in [0.2, 0.25) is 5.02 Å². The van der Waals surface area contributed by atoms with Gasteiger partial charge in [0.05, 0.1) is 9.92 Å². The normalized spacial score (nSPS) is 13.2. The van der Waals surface area contributed by atoms with E-state index < -0.39 is 15.9 Å². The zero-order chi connectivity index (χ0) is 18.7. The van der Waals surface area contributed by atoms with Crippen molar-refractivity contribution in [2.45, 2.75) is 4.90 Å². The molecule has 1 aliphatic heterocycles. The number of ether oxygens (including phenoxy) is 2. The topological polar surface area (TPSA) is 93.7 Å². The molecule has 0 saturated heterocycles. The van der Waals surface area contributed by atoms with Crippen molar-refractivity contribution in [2.75, 3.05) is 19.2 Å². The average molecular weight is 395 g/mol. The molecule has 0 bridgehead atoms. The molecule has 9 heteroatoms. The first kappa shape index (κ1) is 18.2. The smallest absolute Gasteiger partial charge is 0.248 e. The second-order valence-electron chi connectivity index (χ2n) is 5.29. The Morgan fingerprint density at radius 3 is 2.81 bits per heavy atom. The number of sulfonamides is 1. The lowest BCUT2D eigenvalue weighted by Crippen LogP contribution is -2.18. The number of fused-ring (bicyclic) bond motifs is 1. The van der Waals surface area contributed by atoms with E-state index in [1.807, 2.05) is 0 Å². The number of nitrogens with one attached hydrogen (secondary N) is 2. The minimum atomic E-state index is -3.58. The lowest BCUT2D eigenvalue weighted by molar-refractivity contribution is -0.111. The van der Waals surface area contributed by atoms with Crippen molar-refractivity contribution >= 4 is 39.3 Å². The SMILES string of the molecule is CNS(=O)(=O)c1cccc(NC(=O)/C=C/c2cc(Cl)c3c(c2)OCO3)c1. The van der Waals surface area contributed by atoms with E-state index in [2.05, 4.69) is 10.0 Å². The maximum absolute atomic E-state index is 12.1. The van der Waals surface area contributed by atoms with E-state index in [4.69, 9.17) is 21.1 Å². The molecule has 0 fully saturated rings. The van der Waals surface area contributed by atoms with Crippen LogP contribution in [0.4, 0.5) is 5.69 Å². The highest BCUT2D eigenvalue weighted by molar-refractivity contribution is 7.89. The van der Waals surface area contributed by atoms with Gasteiger partial charge in [0.15, 0.2) is 11.5 Å². The zero-order valence-electron chi connectivity index (χ0n) is 13.7. The summed E-state index contributed by atoms with van der Waals surface area (Å²) in [4.78, 5) is 12.1. The fraction of sp³-hybridized carbons (Fsp3) is 0.118. The Morgan fingerprint density at radius 2 is 2.04 bits per heavy atom. The third-order valence-electron chi connectivity index (χ3n) is 3.56. The molecule has 7 nitrogen and oxygen atoms in total. The van der Waals surface area contributed by atoms with Crippen LogP contribution in [0, 0.1) is 0 Å². The van der Waals surface area contributed by atoms with Crippen LogP contribution >= 0.6 is 11.6 Å². The third kappa shape index (κ3) is 3.98. The van der Waals surface area contributed by atoms with Gasteiger partial charge in [0.25, 0.3) is 0 Å². The van der Waals surface area contributed by atoms with Gasteiger partial charge in [-0.2, -0.15) is 0 Å². The molecule has 0 saturated carbocycles. The number of rotatable bonds is 5. The summed E-state index contributed by atoms with van der Waals surface area (Å²) in [5, 5.41) is 3.00. The van der Waals surface area contributed by atoms with E-state index in [1.54, 1.807) is 30.3 Å². The number of amides is 1. The molecular formula is C17H15ClN2O5S. The van der Waals surface area contributed by atoms with Gasteiger partial charge >= 0.3 is 0 Å². The zero-order valence-corrected chi connectivity index (χ0v) is 15.2. The largest absolute Gasteiger partial charge is 0.454 e. The third-order valence-corrected chi connectivity index (χ3v) is 5.25. The number of carbonyl (C=O) groups excluding carboxylic acids is 1. The van der Waals surface area contributed by atoms with E-state index in [0.717, 1.165) is 0 Å². The van der Waals surface area contributed by atoms with Gasteiger partial charge in [-0.15, -0.1) is 0 Å². The molecule has 1 aliphatic rings. The Labute approximate surface area is 155 Å². The standard InChI is InChI=1S/C17H15ClN2O5S/c1-19-26(22,23)13-4-2-3-12(9-13)20-16(21)6-5-11-7-14(18)17-15(8-11)24-10-25-17/h2-9,19H,10H2,1H3,(H,20,21)/b6-5+. The van der Waals surface area contributed by atoms with E-state index in [0.29, 0.717) is 27.8 Å². The predicted molar refractivity (Wildman–Crippen MR) is 97.9 cm³/mol. The van der Waals surface area contributed by atoms with E-state index in [-0.39, 0.29) is 11.7 Å². The van der Waals surface area contributed by atoms with Crippen LogP contribution < -0.4 is 19.5 Å². The first-order valence-corrected chi connectivity index (χ1v) is 9.37. The summed E-state index contributed by atoms with van der Waals surface area (Å²) in [5.41, 5.74) is 1.03. The average Bonchev–Trinajstić information content (AvgIpc) is 3.09. The molecule has 2 N–H and O–H groups in total. The molecular weight excluding hydrogens is 380 g/mol. The molecule has 26 heavy (non-hydrogen) atoms. The van der Waals surface area contributed by atoms with E-state index in [9.17, 15) is 13.2 Å². The van der Waals surface area contributed by atoms with Crippen molar-refractivity contribution in [3.8, 4) is 11.5 Å². The molecule has 0 atom stereocenters. The molecule has 0 spiro atoms. The van der Waals surface area contributed by atoms with Crippen molar-refractivity contribution < 1.29 is 22.7 Å². The van der Waals surface area contributed by atoms with Gasteiger partial charge in [0.2, 0.25) is 22.7 Å².